The number of amides is 3. The van der Waals surface area contributed by atoms with E-state index < -0.39 is 11.5 Å². The summed E-state index contributed by atoms with van der Waals surface area (Å²) in [4.78, 5) is 40.8. The van der Waals surface area contributed by atoms with Crippen molar-refractivity contribution in [1.29, 1.82) is 0 Å². The molecular formula is C27H36N4O6. The van der Waals surface area contributed by atoms with Crippen LogP contribution in [0, 0.1) is 5.41 Å². The minimum Gasteiger partial charge on any atom is -0.497 e. The normalized spacial score (nSPS) is 23.3. The average molecular weight is 513 g/mol. The highest BCUT2D eigenvalue weighted by molar-refractivity contribution is 5.93. The number of hydrogen-bond acceptors (Lipinski definition) is 7. The van der Waals surface area contributed by atoms with Gasteiger partial charge in [0, 0.05) is 37.4 Å². The molecule has 0 bridgehead atoms. The highest BCUT2D eigenvalue weighted by atomic mass is 16.5. The smallest absolute Gasteiger partial charge is 0.292 e. The van der Waals surface area contributed by atoms with Gasteiger partial charge in [0.15, 0.2) is 0 Å². The number of nitrogens with zero attached hydrogens (tertiary/aromatic N) is 2. The molecule has 3 amide bonds. The second kappa shape index (κ2) is 11.8. The van der Waals surface area contributed by atoms with Crippen LogP contribution < -0.4 is 15.4 Å². The summed E-state index contributed by atoms with van der Waals surface area (Å²) in [5, 5.41) is 9.87. The molecule has 0 aliphatic carbocycles. The maximum atomic E-state index is 13.4. The summed E-state index contributed by atoms with van der Waals surface area (Å²) in [7, 11) is 1.60. The Bertz CT molecular complexity index is 1090. The number of methoxy groups -OCH3 is 1. The van der Waals surface area contributed by atoms with Gasteiger partial charge in [0.2, 0.25) is 17.6 Å². The maximum Gasteiger partial charge on any atom is 0.292 e. The molecule has 3 heterocycles. The van der Waals surface area contributed by atoms with Gasteiger partial charge < -0.3 is 29.5 Å². The Morgan fingerprint density at radius 3 is 2.51 bits per heavy atom. The van der Waals surface area contributed by atoms with E-state index in [1.165, 1.54) is 0 Å². The zero-order chi connectivity index (χ0) is 26.4. The summed E-state index contributed by atoms with van der Waals surface area (Å²) in [6.45, 7) is 5.43. The van der Waals surface area contributed by atoms with E-state index in [2.05, 4.69) is 15.8 Å². The van der Waals surface area contributed by atoms with Crippen LogP contribution in [0.3, 0.4) is 0 Å². The Labute approximate surface area is 217 Å². The molecule has 4 rings (SSSR count). The van der Waals surface area contributed by atoms with Crippen molar-refractivity contribution in [1.82, 2.24) is 20.7 Å². The van der Waals surface area contributed by atoms with Crippen LogP contribution in [0.25, 0.3) is 11.3 Å². The zero-order valence-corrected chi connectivity index (χ0v) is 21.7. The lowest BCUT2D eigenvalue weighted by Gasteiger charge is -2.41. The fourth-order valence-corrected chi connectivity index (χ4v) is 4.91. The molecule has 2 atom stereocenters. The number of carbonyl (C=O) groups excluding carboxylic acids is 3. The van der Waals surface area contributed by atoms with E-state index in [0.29, 0.717) is 51.3 Å². The van der Waals surface area contributed by atoms with Crippen LogP contribution in [0.2, 0.25) is 0 Å². The molecule has 10 nitrogen and oxygen atoms in total. The van der Waals surface area contributed by atoms with Crippen molar-refractivity contribution in [2.45, 2.75) is 58.0 Å². The lowest BCUT2D eigenvalue weighted by atomic mass is 9.73. The van der Waals surface area contributed by atoms with E-state index in [4.69, 9.17) is 14.0 Å². The van der Waals surface area contributed by atoms with Gasteiger partial charge in [-0.3, -0.25) is 14.4 Å². The van der Waals surface area contributed by atoms with Gasteiger partial charge in [-0.05, 0) is 63.8 Å². The van der Waals surface area contributed by atoms with Crippen LogP contribution in [0.4, 0.5) is 0 Å². The van der Waals surface area contributed by atoms with Crippen molar-refractivity contribution in [2.75, 3.05) is 33.4 Å². The molecule has 10 heteroatoms. The minimum absolute atomic E-state index is 0.128. The zero-order valence-electron chi connectivity index (χ0n) is 21.7. The topological polar surface area (TPSA) is 123 Å². The summed E-state index contributed by atoms with van der Waals surface area (Å²) < 4.78 is 16.3. The Hall–Kier alpha value is -3.40. The fourth-order valence-electron chi connectivity index (χ4n) is 4.91. The van der Waals surface area contributed by atoms with Crippen molar-refractivity contribution in [2.24, 2.45) is 5.41 Å². The first-order valence-electron chi connectivity index (χ1n) is 12.9. The van der Waals surface area contributed by atoms with Gasteiger partial charge in [0.05, 0.1) is 19.1 Å². The maximum absolute atomic E-state index is 13.4. The second-order valence-electron chi connectivity index (χ2n) is 10.0. The van der Waals surface area contributed by atoms with E-state index in [1.54, 1.807) is 25.0 Å². The molecule has 2 N–H and O–H groups in total. The van der Waals surface area contributed by atoms with E-state index in [1.807, 2.05) is 31.2 Å². The van der Waals surface area contributed by atoms with Crippen LogP contribution in [-0.2, 0) is 14.3 Å². The third-order valence-corrected chi connectivity index (χ3v) is 7.29. The first-order valence-corrected chi connectivity index (χ1v) is 12.9. The Morgan fingerprint density at radius 1 is 1.08 bits per heavy atom. The quantitative estimate of drug-likeness (QED) is 0.648. The van der Waals surface area contributed by atoms with Gasteiger partial charge in [-0.2, -0.15) is 0 Å². The lowest BCUT2D eigenvalue weighted by molar-refractivity contribution is -0.137. The van der Waals surface area contributed by atoms with Crippen molar-refractivity contribution >= 4 is 17.7 Å². The van der Waals surface area contributed by atoms with Crippen molar-refractivity contribution in [3.05, 3.63) is 36.1 Å². The third-order valence-electron chi connectivity index (χ3n) is 7.29. The SMILES string of the molecule is COc1ccc(-c2cc(C(=O)N3CCC4(CCCCOC[C@H](C)NC(=O)[C@H](C)NC4=O)CC3)on2)cc1. The number of rotatable bonds is 3. The van der Waals surface area contributed by atoms with Gasteiger partial charge in [-0.15, -0.1) is 0 Å². The number of ether oxygens (including phenoxy) is 2. The largest absolute Gasteiger partial charge is 0.497 e. The van der Waals surface area contributed by atoms with Crippen LogP contribution in [0.1, 0.15) is 56.5 Å². The van der Waals surface area contributed by atoms with Crippen molar-refractivity contribution < 1.29 is 28.4 Å². The second-order valence-corrected chi connectivity index (χ2v) is 10.0. The molecule has 0 saturated carbocycles. The van der Waals surface area contributed by atoms with Crippen LogP contribution >= 0.6 is 0 Å². The molecule has 1 aromatic heterocycles. The molecule has 2 aliphatic rings. The molecule has 0 unspecified atom stereocenters. The minimum atomic E-state index is -0.655. The molecule has 1 aromatic carbocycles. The van der Waals surface area contributed by atoms with Gasteiger partial charge in [0.1, 0.15) is 17.5 Å². The summed E-state index contributed by atoms with van der Waals surface area (Å²) in [5.41, 5.74) is 0.747. The highest BCUT2D eigenvalue weighted by Gasteiger charge is 2.43. The number of carbonyl (C=O) groups is 3. The first kappa shape index (κ1) is 26.7. The van der Waals surface area contributed by atoms with Gasteiger partial charge in [-0.1, -0.05) is 11.6 Å². The summed E-state index contributed by atoms with van der Waals surface area (Å²) in [6, 6.07) is 8.21. The number of nitrogens with one attached hydrogen (secondary N) is 2. The van der Waals surface area contributed by atoms with Crippen LogP contribution in [0.5, 0.6) is 5.75 Å². The van der Waals surface area contributed by atoms with E-state index in [0.717, 1.165) is 24.2 Å². The van der Waals surface area contributed by atoms with E-state index in [9.17, 15) is 14.4 Å². The number of hydrogen-bond donors (Lipinski definition) is 2. The summed E-state index contributed by atoms with van der Waals surface area (Å²) in [5.74, 6) is 0.287. The summed E-state index contributed by atoms with van der Waals surface area (Å²) in [6.07, 6.45) is 3.36. The Kier molecular flexibility index (Phi) is 8.48. The van der Waals surface area contributed by atoms with Crippen LogP contribution in [-0.4, -0.2) is 73.3 Å². The molecule has 0 radical (unpaired) electrons. The van der Waals surface area contributed by atoms with Crippen molar-refractivity contribution in [3.63, 3.8) is 0 Å². The lowest BCUT2D eigenvalue weighted by Crippen LogP contribution is -2.55. The Balaban J connectivity index is 1.42. The number of aromatic nitrogens is 1. The predicted molar refractivity (Wildman–Crippen MR) is 136 cm³/mol. The molecule has 200 valence electrons. The third kappa shape index (κ3) is 6.30. The average Bonchev–Trinajstić information content (AvgIpc) is 3.40. The molecular weight excluding hydrogens is 476 g/mol. The molecule has 2 fully saturated rings. The van der Waals surface area contributed by atoms with Crippen LogP contribution in [0.15, 0.2) is 34.9 Å². The summed E-state index contributed by atoms with van der Waals surface area (Å²) >= 11 is 0. The predicted octanol–water partition coefficient (Wildman–Crippen LogP) is 2.78. The number of benzene rings is 1. The first-order chi connectivity index (χ1) is 17.8. The molecule has 2 aliphatic heterocycles. The standard InChI is InChI=1S/C27H36N4O6/c1-18-17-36-15-5-4-10-27(26(34)29-19(2)24(32)28-18)11-13-31(14-12-27)25(33)23-16-22(30-37-23)20-6-8-21(35-3)9-7-20/h6-9,16,18-19H,4-5,10-15,17H2,1-3H3,(H,28,32)(H,29,34)/t18-,19-/m0/s1. The molecule has 1 spiro atoms. The monoisotopic (exact) mass is 512 g/mol. The van der Waals surface area contributed by atoms with Gasteiger partial charge in [-0.25, -0.2) is 0 Å². The Morgan fingerprint density at radius 2 is 1.81 bits per heavy atom. The van der Waals surface area contributed by atoms with E-state index in [-0.39, 0.29) is 29.5 Å². The van der Waals surface area contributed by atoms with Crippen molar-refractivity contribution in [3.8, 4) is 17.0 Å². The number of piperidine rings is 1. The molecule has 37 heavy (non-hydrogen) atoms. The molecule has 2 aromatic rings. The molecule has 2 saturated heterocycles. The number of likely N-dealkylation sites (tertiary alicyclic amines) is 1. The van der Waals surface area contributed by atoms with Gasteiger partial charge in [0.25, 0.3) is 5.91 Å². The highest BCUT2D eigenvalue weighted by Crippen LogP contribution is 2.38. The van der Waals surface area contributed by atoms with E-state index >= 15 is 0 Å². The van der Waals surface area contributed by atoms with Gasteiger partial charge >= 0.3 is 0 Å². The fraction of sp³-hybridized carbons (Fsp3) is 0.556.